The first-order chi connectivity index (χ1) is 5.71. The number of fused-ring (bicyclic) bond motifs is 1. The standard InChI is InChI=1S/C9H12O2S/c10-8-6-1-5-2-9(6,4-11-8)3-7(5)12/h5-7,12H,1-4H2. The van der Waals surface area contributed by atoms with E-state index in [-0.39, 0.29) is 17.3 Å². The van der Waals surface area contributed by atoms with Crippen molar-refractivity contribution in [2.45, 2.75) is 24.5 Å². The smallest absolute Gasteiger partial charge is 0.309 e. The summed E-state index contributed by atoms with van der Waals surface area (Å²) in [6.45, 7) is 0.671. The second-order valence-corrected chi connectivity index (χ2v) is 5.16. The van der Waals surface area contributed by atoms with Crippen LogP contribution >= 0.6 is 12.6 Å². The molecule has 0 aromatic heterocycles. The molecule has 66 valence electrons. The van der Waals surface area contributed by atoms with E-state index in [0.717, 1.165) is 12.8 Å². The normalized spacial score (nSPS) is 55.8. The van der Waals surface area contributed by atoms with E-state index >= 15 is 0 Å². The Morgan fingerprint density at radius 3 is 3.08 bits per heavy atom. The fourth-order valence-electron chi connectivity index (χ4n) is 3.28. The molecule has 2 aliphatic carbocycles. The Labute approximate surface area is 77.1 Å². The highest BCUT2D eigenvalue weighted by molar-refractivity contribution is 7.81. The third kappa shape index (κ3) is 0.668. The predicted octanol–water partition coefficient (Wildman–Crippen LogP) is 1.26. The van der Waals surface area contributed by atoms with Gasteiger partial charge in [0, 0.05) is 10.7 Å². The Morgan fingerprint density at radius 2 is 2.33 bits per heavy atom. The molecule has 0 N–H and O–H groups in total. The van der Waals surface area contributed by atoms with Gasteiger partial charge in [0.25, 0.3) is 0 Å². The number of cyclic esters (lactones) is 1. The van der Waals surface area contributed by atoms with Gasteiger partial charge in [0.05, 0.1) is 12.5 Å². The zero-order valence-electron chi connectivity index (χ0n) is 6.82. The summed E-state index contributed by atoms with van der Waals surface area (Å²) in [5.41, 5.74) is 0.216. The molecule has 3 aliphatic rings. The van der Waals surface area contributed by atoms with E-state index < -0.39 is 0 Å². The van der Waals surface area contributed by atoms with Crippen LogP contribution in [-0.2, 0) is 9.53 Å². The average Bonchev–Trinajstić information content (AvgIpc) is 2.60. The number of carbonyl (C=O) groups excluding carboxylic acids is 1. The molecule has 3 rings (SSSR count). The quantitative estimate of drug-likeness (QED) is 0.453. The van der Waals surface area contributed by atoms with E-state index in [1.165, 1.54) is 6.42 Å². The summed E-state index contributed by atoms with van der Waals surface area (Å²) in [5, 5.41) is 0.524. The molecule has 4 atom stereocenters. The van der Waals surface area contributed by atoms with Crippen LogP contribution < -0.4 is 0 Å². The first kappa shape index (κ1) is 7.25. The van der Waals surface area contributed by atoms with Gasteiger partial charge >= 0.3 is 5.97 Å². The minimum absolute atomic E-state index is 0.0535. The molecule has 1 aliphatic heterocycles. The lowest BCUT2D eigenvalue weighted by Gasteiger charge is -2.25. The maximum Gasteiger partial charge on any atom is 0.309 e. The van der Waals surface area contributed by atoms with Gasteiger partial charge in [-0.05, 0) is 25.2 Å². The molecule has 1 spiro atoms. The third-order valence-electron chi connectivity index (χ3n) is 3.89. The molecule has 1 heterocycles. The number of hydrogen-bond donors (Lipinski definition) is 1. The van der Waals surface area contributed by atoms with Gasteiger partial charge in [-0.2, -0.15) is 12.6 Å². The number of esters is 1. The SMILES string of the molecule is O=C1OCC23CC(S)C(CC12)C3. The molecular weight excluding hydrogens is 172 g/mol. The largest absolute Gasteiger partial charge is 0.465 e. The summed E-state index contributed by atoms with van der Waals surface area (Å²) in [5.74, 6) is 0.967. The van der Waals surface area contributed by atoms with Gasteiger partial charge in [-0.3, -0.25) is 4.79 Å². The van der Waals surface area contributed by atoms with Crippen LogP contribution in [0.25, 0.3) is 0 Å². The van der Waals surface area contributed by atoms with Gasteiger partial charge in [0.2, 0.25) is 0 Å². The van der Waals surface area contributed by atoms with E-state index in [9.17, 15) is 4.79 Å². The molecule has 2 saturated carbocycles. The summed E-state index contributed by atoms with van der Waals surface area (Å²) in [4.78, 5) is 11.3. The van der Waals surface area contributed by atoms with Crippen LogP contribution in [0.3, 0.4) is 0 Å². The topological polar surface area (TPSA) is 26.3 Å². The van der Waals surface area contributed by atoms with Gasteiger partial charge in [0.15, 0.2) is 0 Å². The molecule has 3 heteroatoms. The number of hydrogen-bond acceptors (Lipinski definition) is 3. The van der Waals surface area contributed by atoms with Crippen LogP contribution in [0.5, 0.6) is 0 Å². The van der Waals surface area contributed by atoms with Crippen molar-refractivity contribution in [1.29, 1.82) is 0 Å². The van der Waals surface area contributed by atoms with E-state index in [2.05, 4.69) is 12.6 Å². The zero-order chi connectivity index (χ0) is 8.34. The summed E-state index contributed by atoms with van der Waals surface area (Å²) >= 11 is 4.54. The van der Waals surface area contributed by atoms with E-state index in [1.54, 1.807) is 0 Å². The highest BCUT2D eigenvalue weighted by Crippen LogP contribution is 2.61. The molecule has 0 amide bonds. The molecule has 0 aromatic carbocycles. The van der Waals surface area contributed by atoms with Crippen molar-refractivity contribution in [3.05, 3.63) is 0 Å². The number of carbonyl (C=O) groups is 1. The lowest BCUT2D eigenvalue weighted by atomic mass is 9.77. The Balaban J connectivity index is 1.99. The molecule has 2 nitrogen and oxygen atoms in total. The van der Waals surface area contributed by atoms with Crippen LogP contribution in [0.15, 0.2) is 0 Å². The zero-order valence-corrected chi connectivity index (χ0v) is 7.72. The predicted molar refractivity (Wildman–Crippen MR) is 47.0 cm³/mol. The van der Waals surface area contributed by atoms with Crippen LogP contribution in [-0.4, -0.2) is 17.8 Å². The van der Waals surface area contributed by atoms with E-state index in [4.69, 9.17) is 4.74 Å². The highest BCUT2D eigenvalue weighted by atomic mass is 32.1. The summed E-state index contributed by atoms with van der Waals surface area (Å²) in [6.07, 6.45) is 3.31. The van der Waals surface area contributed by atoms with Gasteiger partial charge < -0.3 is 4.74 Å². The van der Waals surface area contributed by atoms with Crippen molar-refractivity contribution in [2.75, 3.05) is 6.61 Å². The fraction of sp³-hybridized carbons (Fsp3) is 0.889. The van der Waals surface area contributed by atoms with Crippen LogP contribution in [0.4, 0.5) is 0 Å². The van der Waals surface area contributed by atoms with E-state index in [0.29, 0.717) is 17.8 Å². The fourth-order valence-corrected chi connectivity index (χ4v) is 3.87. The minimum atomic E-state index is 0.0535. The average molecular weight is 184 g/mol. The van der Waals surface area contributed by atoms with E-state index in [1.807, 2.05) is 0 Å². The van der Waals surface area contributed by atoms with Crippen molar-refractivity contribution < 1.29 is 9.53 Å². The second-order valence-electron chi connectivity index (χ2n) is 4.49. The number of ether oxygens (including phenoxy) is 1. The Morgan fingerprint density at radius 1 is 1.50 bits per heavy atom. The minimum Gasteiger partial charge on any atom is -0.465 e. The van der Waals surface area contributed by atoms with Crippen LogP contribution in [0.1, 0.15) is 19.3 Å². The molecule has 0 aromatic rings. The van der Waals surface area contributed by atoms with Crippen molar-refractivity contribution in [3.63, 3.8) is 0 Å². The molecule has 3 fully saturated rings. The summed E-state index contributed by atoms with van der Waals surface area (Å²) < 4.78 is 5.12. The van der Waals surface area contributed by atoms with Crippen molar-refractivity contribution in [3.8, 4) is 0 Å². The van der Waals surface area contributed by atoms with Crippen LogP contribution in [0.2, 0.25) is 0 Å². The molecule has 2 bridgehead atoms. The van der Waals surface area contributed by atoms with Crippen LogP contribution in [0, 0.1) is 17.3 Å². The van der Waals surface area contributed by atoms with Crippen molar-refractivity contribution in [2.24, 2.45) is 17.3 Å². The molecule has 4 unspecified atom stereocenters. The molecular formula is C9H12O2S. The highest BCUT2D eigenvalue weighted by Gasteiger charge is 2.62. The second kappa shape index (κ2) is 2.00. The number of thiol groups is 1. The third-order valence-corrected chi connectivity index (χ3v) is 4.50. The summed E-state index contributed by atoms with van der Waals surface area (Å²) in [7, 11) is 0. The Bertz CT molecular complexity index is 249. The maximum absolute atomic E-state index is 11.3. The van der Waals surface area contributed by atoms with Gasteiger partial charge in [-0.25, -0.2) is 0 Å². The summed E-state index contributed by atoms with van der Waals surface area (Å²) in [6, 6.07) is 0. The molecule has 12 heavy (non-hydrogen) atoms. The van der Waals surface area contributed by atoms with Gasteiger partial charge in [-0.1, -0.05) is 0 Å². The maximum atomic E-state index is 11.3. The Kier molecular flexibility index (Phi) is 1.21. The molecule has 0 radical (unpaired) electrons. The van der Waals surface area contributed by atoms with Gasteiger partial charge in [0.1, 0.15) is 0 Å². The van der Waals surface area contributed by atoms with Crippen molar-refractivity contribution in [1.82, 2.24) is 0 Å². The molecule has 1 saturated heterocycles. The first-order valence-corrected chi connectivity index (χ1v) is 5.08. The lowest BCUT2D eigenvalue weighted by Crippen LogP contribution is -2.28. The number of rotatable bonds is 0. The lowest BCUT2D eigenvalue weighted by molar-refractivity contribution is -0.141. The van der Waals surface area contributed by atoms with Gasteiger partial charge in [-0.15, -0.1) is 0 Å². The monoisotopic (exact) mass is 184 g/mol. The van der Waals surface area contributed by atoms with Crippen molar-refractivity contribution >= 4 is 18.6 Å². The Hall–Kier alpha value is -0.180. The first-order valence-electron chi connectivity index (χ1n) is 4.56.